The van der Waals surface area contributed by atoms with Crippen LogP contribution in [0.1, 0.15) is 30.7 Å². The predicted octanol–water partition coefficient (Wildman–Crippen LogP) is 4.37. The normalized spacial score (nSPS) is 12.0. The fourth-order valence-corrected chi connectivity index (χ4v) is 2.74. The first-order valence-corrected chi connectivity index (χ1v) is 7.21. The molecular formula is C15H19F2N3S. The molecule has 2 aromatic rings. The second-order valence-electron chi connectivity index (χ2n) is 5.34. The van der Waals surface area contributed by atoms with E-state index >= 15 is 0 Å². The number of pyridine rings is 1. The van der Waals surface area contributed by atoms with Gasteiger partial charge in [0.05, 0.1) is 5.69 Å². The molecule has 0 aliphatic heterocycles. The summed E-state index contributed by atoms with van der Waals surface area (Å²) in [5.74, 6) is -2.92. The lowest BCUT2D eigenvalue weighted by Crippen LogP contribution is -2.14. The van der Waals surface area contributed by atoms with E-state index in [1.165, 1.54) is 10.7 Å². The Hall–Kier alpha value is -1.56. The Labute approximate surface area is 128 Å². The summed E-state index contributed by atoms with van der Waals surface area (Å²) in [5, 5.41) is 4.33. The molecular weight excluding hydrogens is 292 g/mol. The zero-order chi connectivity index (χ0) is 15.9. The van der Waals surface area contributed by atoms with Gasteiger partial charge in [-0.15, -0.1) is 0 Å². The molecule has 114 valence electrons. The van der Waals surface area contributed by atoms with Crippen LogP contribution in [0, 0.1) is 18.5 Å². The Morgan fingerprint density at radius 2 is 1.86 bits per heavy atom. The van der Waals surface area contributed by atoms with E-state index < -0.39 is 5.92 Å². The van der Waals surface area contributed by atoms with E-state index in [-0.39, 0.29) is 5.69 Å². The molecule has 0 aromatic carbocycles. The van der Waals surface area contributed by atoms with E-state index in [4.69, 9.17) is 12.2 Å². The highest BCUT2D eigenvalue weighted by atomic mass is 32.1. The number of aryl methyl sites for hydroxylation is 3. The molecule has 0 saturated carbocycles. The molecule has 2 aromatic heterocycles. The molecule has 0 fully saturated rings. The Balaban J connectivity index is 2.72. The average Bonchev–Trinajstić information content (AvgIpc) is 2.80. The van der Waals surface area contributed by atoms with Crippen molar-refractivity contribution in [2.75, 3.05) is 0 Å². The highest BCUT2D eigenvalue weighted by molar-refractivity contribution is 7.71. The van der Waals surface area contributed by atoms with Crippen molar-refractivity contribution in [2.45, 2.75) is 40.2 Å². The number of nitrogens with zero attached hydrogens (tertiary/aromatic N) is 3. The first-order chi connectivity index (χ1) is 9.66. The van der Waals surface area contributed by atoms with Gasteiger partial charge in [0.2, 0.25) is 0 Å². The molecule has 3 nitrogen and oxygen atoms in total. The van der Waals surface area contributed by atoms with E-state index in [1.807, 2.05) is 31.5 Å². The lowest BCUT2D eigenvalue weighted by Gasteiger charge is -2.12. The number of aromatic nitrogens is 3. The summed E-state index contributed by atoms with van der Waals surface area (Å²) in [6.07, 6.45) is 0. The van der Waals surface area contributed by atoms with Gasteiger partial charge in [-0.2, -0.15) is 13.9 Å². The number of hydrogen-bond donors (Lipinski definition) is 0. The van der Waals surface area contributed by atoms with Crippen LogP contribution in [0.15, 0.2) is 12.1 Å². The van der Waals surface area contributed by atoms with Crippen molar-refractivity contribution in [3.8, 4) is 11.4 Å². The maximum Gasteiger partial charge on any atom is 0.286 e. The number of rotatable bonds is 3. The zero-order valence-electron chi connectivity index (χ0n) is 12.9. The lowest BCUT2D eigenvalue weighted by molar-refractivity contribution is 0.00795. The van der Waals surface area contributed by atoms with Crippen molar-refractivity contribution in [3.63, 3.8) is 0 Å². The van der Waals surface area contributed by atoms with Crippen LogP contribution in [0.3, 0.4) is 0 Å². The van der Waals surface area contributed by atoms with E-state index in [0.29, 0.717) is 16.9 Å². The van der Waals surface area contributed by atoms with Crippen molar-refractivity contribution in [1.29, 1.82) is 0 Å². The van der Waals surface area contributed by atoms with Crippen molar-refractivity contribution < 1.29 is 8.78 Å². The van der Waals surface area contributed by atoms with Gasteiger partial charge < -0.3 is 4.57 Å². The summed E-state index contributed by atoms with van der Waals surface area (Å²) in [7, 11) is 1.84. The van der Waals surface area contributed by atoms with E-state index in [0.717, 1.165) is 23.7 Å². The van der Waals surface area contributed by atoms with Gasteiger partial charge >= 0.3 is 0 Å². The molecule has 0 spiro atoms. The molecule has 0 saturated heterocycles. The summed E-state index contributed by atoms with van der Waals surface area (Å²) < 4.78 is 31.2. The molecule has 0 N–H and O–H groups in total. The Morgan fingerprint density at radius 3 is 2.33 bits per heavy atom. The van der Waals surface area contributed by atoms with E-state index in [9.17, 15) is 8.78 Å². The lowest BCUT2D eigenvalue weighted by atomic mass is 10.1. The average molecular weight is 311 g/mol. The van der Waals surface area contributed by atoms with Crippen LogP contribution in [-0.2, 0) is 19.5 Å². The third-order valence-corrected chi connectivity index (χ3v) is 4.15. The fourth-order valence-electron chi connectivity index (χ4n) is 2.59. The summed E-state index contributed by atoms with van der Waals surface area (Å²) in [5.41, 5.74) is 3.19. The van der Waals surface area contributed by atoms with Gasteiger partial charge in [-0.05, 0) is 38.0 Å². The SMILES string of the molecule is CCn1nc(-c2c(C)cc(C)c(=S)n2C)cc1C(C)(F)F. The second-order valence-corrected chi connectivity index (χ2v) is 5.73. The zero-order valence-corrected chi connectivity index (χ0v) is 13.7. The largest absolute Gasteiger partial charge is 0.333 e. The molecule has 0 aliphatic carbocycles. The minimum absolute atomic E-state index is 0.0779. The first kappa shape index (κ1) is 15.8. The second kappa shape index (κ2) is 5.33. The van der Waals surface area contributed by atoms with Crippen LogP contribution in [0.25, 0.3) is 11.4 Å². The number of alkyl halides is 2. The topological polar surface area (TPSA) is 22.8 Å². The van der Waals surface area contributed by atoms with Gasteiger partial charge in [0.25, 0.3) is 5.92 Å². The van der Waals surface area contributed by atoms with Crippen molar-refractivity contribution in [2.24, 2.45) is 7.05 Å². The third-order valence-electron chi connectivity index (χ3n) is 3.56. The van der Waals surface area contributed by atoms with Crippen molar-refractivity contribution in [3.05, 3.63) is 33.6 Å². The molecule has 2 heterocycles. The molecule has 0 amide bonds. The van der Waals surface area contributed by atoms with Crippen molar-refractivity contribution in [1.82, 2.24) is 14.3 Å². The van der Waals surface area contributed by atoms with Crippen LogP contribution in [0.4, 0.5) is 8.78 Å². The van der Waals surface area contributed by atoms with Gasteiger partial charge in [0.1, 0.15) is 16.0 Å². The van der Waals surface area contributed by atoms with Gasteiger partial charge in [-0.25, -0.2) is 0 Å². The van der Waals surface area contributed by atoms with Crippen LogP contribution in [-0.4, -0.2) is 14.3 Å². The Bertz CT molecular complexity index is 739. The third kappa shape index (κ3) is 2.77. The summed E-state index contributed by atoms with van der Waals surface area (Å²) in [4.78, 5) is 0. The Morgan fingerprint density at radius 1 is 1.24 bits per heavy atom. The monoisotopic (exact) mass is 311 g/mol. The summed E-state index contributed by atoms with van der Waals surface area (Å²) in [6.45, 7) is 6.96. The molecule has 0 radical (unpaired) electrons. The number of hydrogen-bond acceptors (Lipinski definition) is 2. The first-order valence-electron chi connectivity index (χ1n) is 6.80. The van der Waals surface area contributed by atoms with Crippen LogP contribution < -0.4 is 0 Å². The van der Waals surface area contributed by atoms with E-state index in [1.54, 1.807) is 6.92 Å². The quantitative estimate of drug-likeness (QED) is 0.786. The standard InChI is InChI=1S/C15H19F2N3S/c1-6-20-12(15(4,16)17)8-11(18-20)13-9(2)7-10(3)14(21)19(13)5/h7-8H,6H2,1-5H3. The van der Waals surface area contributed by atoms with Gasteiger partial charge in [0, 0.05) is 20.5 Å². The Kier molecular flexibility index (Phi) is 4.02. The van der Waals surface area contributed by atoms with E-state index in [2.05, 4.69) is 5.10 Å². The van der Waals surface area contributed by atoms with Crippen LogP contribution >= 0.6 is 12.2 Å². The highest BCUT2D eigenvalue weighted by Crippen LogP contribution is 2.32. The number of halogens is 2. The van der Waals surface area contributed by atoms with Crippen molar-refractivity contribution >= 4 is 12.2 Å². The van der Waals surface area contributed by atoms with Gasteiger partial charge in [-0.1, -0.05) is 18.3 Å². The molecule has 21 heavy (non-hydrogen) atoms. The summed E-state index contributed by atoms with van der Waals surface area (Å²) >= 11 is 5.36. The summed E-state index contributed by atoms with van der Waals surface area (Å²) in [6, 6.07) is 3.42. The van der Waals surface area contributed by atoms with Crippen LogP contribution in [0.5, 0.6) is 0 Å². The molecule has 0 aliphatic rings. The maximum absolute atomic E-state index is 13.7. The van der Waals surface area contributed by atoms with Crippen LogP contribution in [0.2, 0.25) is 0 Å². The maximum atomic E-state index is 13.7. The van der Waals surface area contributed by atoms with Gasteiger partial charge in [0.15, 0.2) is 0 Å². The highest BCUT2D eigenvalue weighted by Gasteiger charge is 2.30. The minimum Gasteiger partial charge on any atom is -0.333 e. The molecule has 2 rings (SSSR count). The predicted molar refractivity (Wildman–Crippen MR) is 82.2 cm³/mol. The molecule has 0 unspecified atom stereocenters. The molecule has 6 heteroatoms. The minimum atomic E-state index is -2.92. The molecule has 0 bridgehead atoms. The fraction of sp³-hybridized carbons (Fsp3) is 0.467. The molecule has 0 atom stereocenters. The smallest absolute Gasteiger partial charge is 0.286 e. The van der Waals surface area contributed by atoms with Gasteiger partial charge in [-0.3, -0.25) is 4.68 Å².